The Bertz CT molecular complexity index is 649. The van der Waals surface area contributed by atoms with Gasteiger partial charge in [0.05, 0.1) is 24.1 Å². The van der Waals surface area contributed by atoms with Crippen LogP contribution in [-0.4, -0.2) is 47.4 Å². The van der Waals surface area contributed by atoms with Gasteiger partial charge in [-0.25, -0.2) is 0 Å². The molecule has 0 aliphatic carbocycles. The van der Waals surface area contributed by atoms with Crippen molar-refractivity contribution in [1.29, 1.82) is 5.26 Å². The fraction of sp³-hybridized carbons (Fsp3) is 0.400. The molecular formula is C15H14F3N3O2. The second-order valence-electron chi connectivity index (χ2n) is 5.38. The maximum atomic E-state index is 12.4. The van der Waals surface area contributed by atoms with Crippen molar-refractivity contribution in [2.24, 2.45) is 0 Å². The minimum Gasteiger partial charge on any atom is -0.290 e. The first kappa shape index (κ1) is 17.0. The zero-order valence-electron chi connectivity index (χ0n) is 12.3. The maximum absolute atomic E-state index is 12.4. The Balaban J connectivity index is 2.05. The Morgan fingerprint density at radius 1 is 1.30 bits per heavy atom. The molecule has 8 heteroatoms. The van der Waals surface area contributed by atoms with Crippen LogP contribution in [0.4, 0.5) is 13.2 Å². The molecule has 23 heavy (non-hydrogen) atoms. The van der Waals surface area contributed by atoms with E-state index in [2.05, 4.69) is 0 Å². The lowest BCUT2D eigenvalue weighted by Gasteiger charge is -2.23. The van der Waals surface area contributed by atoms with Crippen LogP contribution in [0.3, 0.4) is 0 Å². The number of nitriles is 1. The number of rotatable bonds is 4. The third-order valence-corrected chi connectivity index (χ3v) is 3.60. The van der Waals surface area contributed by atoms with Gasteiger partial charge in [0.25, 0.3) is 0 Å². The number of hydrogen-bond acceptors (Lipinski definition) is 4. The number of benzene rings is 1. The van der Waals surface area contributed by atoms with Gasteiger partial charge in [-0.2, -0.15) is 18.4 Å². The van der Waals surface area contributed by atoms with Gasteiger partial charge < -0.3 is 0 Å². The predicted octanol–water partition coefficient (Wildman–Crippen LogP) is 1.68. The number of imide groups is 1. The molecule has 1 atom stereocenters. The standard InChI is InChI=1S/C15H14F3N3O2/c1-20(8-11-4-2-10(7-19)3-5-11)12-6-13(22)21(14(12)23)9-15(16,17)18/h2-5,12H,6,8-9H2,1H3/t12-/m1/s1. The van der Waals surface area contributed by atoms with Crippen molar-refractivity contribution in [2.75, 3.05) is 13.6 Å². The Labute approximate surface area is 130 Å². The van der Waals surface area contributed by atoms with E-state index < -0.39 is 30.6 Å². The number of carbonyl (C=O) groups excluding carboxylic acids is 2. The van der Waals surface area contributed by atoms with E-state index in [-0.39, 0.29) is 17.9 Å². The molecule has 0 spiro atoms. The van der Waals surface area contributed by atoms with Crippen LogP contribution in [0.25, 0.3) is 0 Å². The predicted molar refractivity (Wildman–Crippen MR) is 73.8 cm³/mol. The van der Waals surface area contributed by atoms with Gasteiger partial charge >= 0.3 is 6.18 Å². The molecule has 5 nitrogen and oxygen atoms in total. The molecule has 0 bridgehead atoms. The first-order valence-electron chi connectivity index (χ1n) is 6.81. The van der Waals surface area contributed by atoms with Crippen LogP contribution >= 0.6 is 0 Å². The number of likely N-dealkylation sites (tertiary alicyclic amines) is 1. The van der Waals surface area contributed by atoms with Gasteiger partial charge in [-0.3, -0.25) is 19.4 Å². The summed E-state index contributed by atoms with van der Waals surface area (Å²) in [6.45, 7) is -1.26. The molecule has 1 aromatic carbocycles. The van der Waals surface area contributed by atoms with Crippen molar-refractivity contribution in [1.82, 2.24) is 9.80 Å². The number of likely N-dealkylation sites (N-methyl/N-ethyl adjacent to an activating group) is 1. The van der Waals surface area contributed by atoms with Crippen molar-refractivity contribution in [3.8, 4) is 6.07 Å². The molecule has 1 aliphatic rings. The van der Waals surface area contributed by atoms with E-state index in [1.807, 2.05) is 6.07 Å². The number of nitrogens with zero attached hydrogens (tertiary/aromatic N) is 3. The van der Waals surface area contributed by atoms with Gasteiger partial charge in [0, 0.05) is 6.54 Å². The average Bonchev–Trinajstić information content (AvgIpc) is 2.75. The lowest BCUT2D eigenvalue weighted by molar-refractivity contribution is -0.166. The smallest absolute Gasteiger partial charge is 0.290 e. The SMILES string of the molecule is CN(Cc1ccc(C#N)cc1)[C@@H]1CC(=O)N(CC(F)(F)F)C1=O. The molecule has 0 N–H and O–H groups in total. The van der Waals surface area contributed by atoms with Gasteiger partial charge in [-0.1, -0.05) is 12.1 Å². The van der Waals surface area contributed by atoms with E-state index in [4.69, 9.17) is 5.26 Å². The molecule has 1 aliphatic heterocycles. The molecule has 1 fully saturated rings. The van der Waals surface area contributed by atoms with Gasteiger partial charge in [0.15, 0.2) is 0 Å². The molecule has 2 amide bonds. The lowest BCUT2D eigenvalue weighted by atomic mass is 10.1. The van der Waals surface area contributed by atoms with Gasteiger partial charge in [-0.15, -0.1) is 0 Å². The van der Waals surface area contributed by atoms with Crippen LogP contribution in [0, 0.1) is 11.3 Å². The summed E-state index contributed by atoms with van der Waals surface area (Å²) in [6.07, 6.45) is -4.87. The molecule has 0 aromatic heterocycles. The van der Waals surface area contributed by atoms with E-state index in [1.165, 1.54) is 4.90 Å². The van der Waals surface area contributed by atoms with E-state index in [9.17, 15) is 22.8 Å². The fourth-order valence-electron chi connectivity index (χ4n) is 2.44. The molecule has 2 rings (SSSR count). The van der Waals surface area contributed by atoms with Crippen molar-refractivity contribution < 1.29 is 22.8 Å². The second kappa shape index (κ2) is 6.38. The Kier molecular flexibility index (Phi) is 4.71. The van der Waals surface area contributed by atoms with Gasteiger partial charge in [0.2, 0.25) is 11.8 Å². The van der Waals surface area contributed by atoms with Crippen molar-refractivity contribution in [2.45, 2.75) is 25.2 Å². The van der Waals surface area contributed by atoms with Crippen molar-refractivity contribution in [3.05, 3.63) is 35.4 Å². The molecule has 0 radical (unpaired) electrons. The van der Waals surface area contributed by atoms with E-state index in [1.54, 1.807) is 31.3 Å². The topological polar surface area (TPSA) is 64.4 Å². The van der Waals surface area contributed by atoms with E-state index in [0.29, 0.717) is 5.56 Å². The highest BCUT2D eigenvalue weighted by Crippen LogP contribution is 2.24. The molecular weight excluding hydrogens is 311 g/mol. The van der Waals surface area contributed by atoms with Crippen molar-refractivity contribution >= 4 is 11.8 Å². The van der Waals surface area contributed by atoms with Crippen LogP contribution in [0.5, 0.6) is 0 Å². The number of halogens is 3. The number of hydrogen-bond donors (Lipinski definition) is 0. The number of carbonyl (C=O) groups is 2. The van der Waals surface area contributed by atoms with Gasteiger partial charge in [-0.05, 0) is 24.7 Å². The Morgan fingerprint density at radius 2 is 1.91 bits per heavy atom. The Hall–Kier alpha value is -2.40. The zero-order valence-corrected chi connectivity index (χ0v) is 12.3. The zero-order chi connectivity index (χ0) is 17.2. The third-order valence-electron chi connectivity index (χ3n) is 3.60. The summed E-state index contributed by atoms with van der Waals surface area (Å²) in [5, 5.41) is 8.73. The largest absolute Gasteiger partial charge is 0.406 e. The minimum atomic E-state index is -4.61. The summed E-state index contributed by atoms with van der Waals surface area (Å²) in [5.74, 6) is -1.65. The van der Waals surface area contributed by atoms with Crippen LogP contribution in [0.1, 0.15) is 17.5 Å². The summed E-state index contributed by atoms with van der Waals surface area (Å²) < 4.78 is 37.2. The highest BCUT2D eigenvalue weighted by molar-refractivity contribution is 6.05. The second-order valence-corrected chi connectivity index (χ2v) is 5.38. The quantitative estimate of drug-likeness (QED) is 0.790. The minimum absolute atomic E-state index is 0.262. The van der Waals surface area contributed by atoms with Crippen molar-refractivity contribution in [3.63, 3.8) is 0 Å². The van der Waals surface area contributed by atoms with Gasteiger partial charge in [0.1, 0.15) is 6.54 Å². The number of amides is 2. The summed E-state index contributed by atoms with van der Waals surface area (Å²) in [7, 11) is 1.57. The summed E-state index contributed by atoms with van der Waals surface area (Å²) in [6, 6.07) is 7.70. The van der Waals surface area contributed by atoms with Crippen LogP contribution < -0.4 is 0 Å². The monoisotopic (exact) mass is 325 g/mol. The molecule has 1 saturated heterocycles. The Morgan fingerprint density at radius 3 is 2.43 bits per heavy atom. The maximum Gasteiger partial charge on any atom is 0.406 e. The fourth-order valence-corrected chi connectivity index (χ4v) is 2.44. The molecule has 0 unspecified atom stereocenters. The normalized spacial score (nSPS) is 18.6. The molecule has 1 heterocycles. The molecule has 1 aromatic rings. The third kappa shape index (κ3) is 4.07. The van der Waals surface area contributed by atoms with E-state index in [0.717, 1.165) is 5.56 Å². The summed E-state index contributed by atoms with van der Waals surface area (Å²) in [5.41, 5.74) is 1.28. The summed E-state index contributed by atoms with van der Waals surface area (Å²) >= 11 is 0. The first-order valence-corrected chi connectivity index (χ1v) is 6.81. The lowest BCUT2D eigenvalue weighted by Crippen LogP contribution is -2.43. The van der Waals surface area contributed by atoms with E-state index >= 15 is 0 Å². The van der Waals surface area contributed by atoms with Crippen LogP contribution in [0.15, 0.2) is 24.3 Å². The molecule has 122 valence electrons. The first-order chi connectivity index (χ1) is 10.7. The molecule has 0 saturated carbocycles. The highest BCUT2D eigenvalue weighted by Gasteiger charge is 2.45. The van der Waals surface area contributed by atoms with Crippen LogP contribution in [-0.2, 0) is 16.1 Å². The summed E-state index contributed by atoms with van der Waals surface area (Å²) in [4.78, 5) is 25.5. The highest BCUT2D eigenvalue weighted by atomic mass is 19.4. The van der Waals surface area contributed by atoms with Crippen LogP contribution in [0.2, 0.25) is 0 Å². The number of alkyl halides is 3. The average molecular weight is 325 g/mol.